The monoisotopic (exact) mass is 1050 g/mol. The second-order valence-corrected chi connectivity index (χ2v) is 20.9. The number of phosphoric ester groups is 2. The highest BCUT2D eigenvalue weighted by Gasteiger charge is 2.46. The summed E-state index contributed by atoms with van der Waals surface area (Å²) in [4.78, 5) is 61.9. The first-order chi connectivity index (χ1) is 34.1. The van der Waals surface area contributed by atoms with Gasteiger partial charge in [0.25, 0.3) is 0 Å². The van der Waals surface area contributed by atoms with Crippen LogP contribution < -0.4 is 11.4 Å². The fourth-order valence-electron chi connectivity index (χ4n) is 7.48. The number of carbonyl (C=O) groups is 2. The van der Waals surface area contributed by atoms with Crippen LogP contribution in [0.2, 0.25) is 0 Å². The average Bonchev–Trinajstić information content (AvgIpc) is 3.60. The van der Waals surface area contributed by atoms with Gasteiger partial charge in [-0.05, 0) is 44.6 Å². The number of hydrogen-bond acceptors (Lipinski definition) is 16. The number of carbonyl (C=O) groups excluding carboxylic acids is 2. The van der Waals surface area contributed by atoms with Crippen LogP contribution in [0.15, 0.2) is 65.7 Å². The topological polar surface area (TPSA) is 286 Å². The van der Waals surface area contributed by atoms with Crippen molar-refractivity contribution in [1.29, 1.82) is 0 Å². The molecule has 2 rings (SSSR count). The Kier molecular flexibility index (Phi) is 34.4. The van der Waals surface area contributed by atoms with Crippen LogP contribution in [0.1, 0.15) is 181 Å². The number of unbranched alkanes of at least 4 members (excludes halogenated alkanes) is 17. The molecule has 0 amide bonds. The van der Waals surface area contributed by atoms with Gasteiger partial charge in [-0.3, -0.25) is 23.2 Å². The van der Waals surface area contributed by atoms with Crippen molar-refractivity contribution in [1.82, 2.24) is 9.55 Å². The first kappa shape index (κ1) is 63.8. The molecule has 1 saturated heterocycles. The predicted molar refractivity (Wildman–Crippen MR) is 272 cm³/mol. The van der Waals surface area contributed by atoms with Gasteiger partial charge in [0.05, 0.1) is 19.3 Å². The fourth-order valence-corrected chi connectivity index (χ4v) is 9.59. The molecule has 0 aliphatic carbocycles. The van der Waals surface area contributed by atoms with Crippen molar-refractivity contribution in [3.05, 3.63) is 71.4 Å². The maximum atomic E-state index is 12.8. The number of anilines is 1. The first-order valence-corrected chi connectivity index (χ1v) is 28.7. The van der Waals surface area contributed by atoms with E-state index in [-0.39, 0.29) is 18.7 Å². The molecular weight excluding hydrogens is 961 g/mol. The van der Waals surface area contributed by atoms with Gasteiger partial charge in [-0.2, -0.15) is 9.29 Å². The van der Waals surface area contributed by atoms with Crippen LogP contribution >= 0.6 is 15.6 Å². The summed E-state index contributed by atoms with van der Waals surface area (Å²) in [5, 5.41) is 30.8. The van der Waals surface area contributed by atoms with Crippen molar-refractivity contribution in [2.45, 2.75) is 211 Å². The van der Waals surface area contributed by atoms with Gasteiger partial charge in [-0.25, -0.2) is 13.9 Å². The third-order valence-electron chi connectivity index (χ3n) is 11.5. The number of phosphoric acid groups is 2. The van der Waals surface area contributed by atoms with Gasteiger partial charge in [0, 0.05) is 19.0 Å². The number of esters is 2. The molecular formula is C50H85N3O16P2. The number of aromatic nitrogens is 2. The number of allylic oxidation sites excluding steroid dienone is 7. The van der Waals surface area contributed by atoms with Crippen molar-refractivity contribution in [2.24, 2.45) is 0 Å². The molecule has 0 saturated carbocycles. The standard InChI is InChI=1S/C50H85N3O16P2/c1-3-5-7-8-9-10-11-12-13-14-17-20-23-26-30-34-45(55)64-38-42(67-46(56)35-31-27-24-21-18-15-16-19-22-25-29-33-41(54)32-28-6-4-2)39-65-70(60,61)69-71(62,63)66-40-43-47(57)48(58)49(68-43)53-37-36-44(51)52-50(53)59/h15-16,21-22,24-25,29,33,36-37,41-43,47-49,54,57-58H,3-14,17-20,23,26-28,30-32,34-35,38-40H2,1-2H3,(H,60,61)(H,62,63)(H2,51,52,59)/b16-15-,24-21-,25-22-,33-29+/t41-,42+,43+,47+,48+,49+/m0/s1. The summed E-state index contributed by atoms with van der Waals surface area (Å²) in [6, 6.07) is 1.24. The van der Waals surface area contributed by atoms with Crippen molar-refractivity contribution in [3.8, 4) is 0 Å². The Balaban J connectivity index is 1.83. The Morgan fingerprint density at radius 1 is 0.746 bits per heavy atom. The van der Waals surface area contributed by atoms with Crippen molar-refractivity contribution >= 4 is 33.4 Å². The summed E-state index contributed by atoms with van der Waals surface area (Å²) in [6.07, 6.45) is 32.3. The number of nitrogens with two attached hydrogens (primary N) is 1. The Hall–Kier alpha value is -3.32. The molecule has 1 aromatic rings. The zero-order valence-electron chi connectivity index (χ0n) is 42.1. The smallest absolute Gasteiger partial charge is 0.462 e. The van der Waals surface area contributed by atoms with Crippen molar-refractivity contribution in [2.75, 3.05) is 25.6 Å². The Bertz CT molecular complexity index is 1890. The van der Waals surface area contributed by atoms with Gasteiger partial charge >= 0.3 is 33.3 Å². The van der Waals surface area contributed by atoms with Gasteiger partial charge in [-0.1, -0.05) is 172 Å². The van der Waals surface area contributed by atoms with E-state index in [0.717, 1.165) is 68.6 Å². The number of rotatable bonds is 42. The van der Waals surface area contributed by atoms with Crippen LogP contribution in [0.5, 0.6) is 0 Å². The van der Waals surface area contributed by atoms with E-state index in [9.17, 15) is 48.6 Å². The number of aliphatic hydroxyl groups is 3. The van der Waals surface area contributed by atoms with Crippen LogP contribution in [-0.4, -0.2) is 96.9 Å². The summed E-state index contributed by atoms with van der Waals surface area (Å²) >= 11 is 0. The second-order valence-electron chi connectivity index (χ2n) is 17.9. The summed E-state index contributed by atoms with van der Waals surface area (Å²) in [7, 11) is -10.9. The molecule has 0 aromatic carbocycles. The Morgan fingerprint density at radius 2 is 1.31 bits per heavy atom. The molecule has 8 atom stereocenters. The molecule has 0 spiro atoms. The molecule has 21 heteroatoms. The quantitative estimate of drug-likeness (QED) is 0.0117. The number of aliphatic hydroxyl groups excluding tert-OH is 3. The van der Waals surface area contributed by atoms with E-state index in [1.807, 2.05) is 42.5 Å². The Morgan fingerprint density at radius 3 is 1.94 bits per heavy atom. The fraction of sp³-hybridized carbons (Fsp3) is 0.720. The molecule has 2 heterocycles. The van der Waals surface area contributed by atoms with Crippen LogP contribution in [0, 0.1) is 0 Å². The van der Waals surface area contributed by atoms with Gasteiger partial charge in [0.15, 0.2) is 12.3 Å². The molecule has 1 aliphatic rings. The normalized spacial score (nSPS) is 20.0. The number of nitrogen functional groups attached to an aromatic ring is 1. The molecule has 1 aromatic heterocycles. The van der Waals surface area contributed by atoms with Crippen LogP contribution in [0.25, 0.3) is 0 Å². The molecule has 406 valence electrons. The highest BCUT2D eigenvalue weighted by molar-refractivity contribution is 7.61. The lowest BCUT2D eigenvalue weighted by atomic mass is 10.0. The third kappa shape index (κ3) is 31.1. The predicted octanol–water partition coefficient (Wildman–Crippen LogP) is 9.53. The summed E-state index contributed by atoms with van der Waals surface area (Å²) < 4.78 is 56.7. The first-order valence-electron chi connectivity index (χ1n) is 25.8. The molecule has 2 unspecified atom stereocenters. The van der Waals surface area contributed by atoms with E-state index in [1.54, 1.807) is 6.08 Å². The van der Waals surface area contributed by atoms with E-state index >= 15 is 0 Å². The minimum atomic E-state index is -5.44. The second kappa shape index (κ2) is 38.3. The molecule has 71 heavy (non-hydrogen) atoms. The maximum Gasteiger partial charge on any atom is 0.481 e. The highest BCUT2D eigenvalue weighted by Crippen LogP contribution is 2.60. The lowest BCUT2D eigenvalue weighted by molar-refractivity contribution is -0.161. The molecule has 0 bridgehead atoms. The van der Waals surface area contributed by atoms with E-state index in [4.69, 9.17) is 29.0 Å². The molecule has 1 aliphatic heterocycles. The third-order valence-corrected chi connectivity index (χ3v) is 14.1. The largest absolute Gasteiger partial charge is 0.481 e. The number of nitrogens with zero attached hydrogens (tertiary/aromatic N) is 2. The molecule has 7 N–H and O–H groups in total. The Labute approximate surface area is 421 Å². The van der Waals surface area contributed by atoms with Gasteiger partial charge < -0.3 is 45.1 Å². The van der Waals surface area contributed by atoms with Gasteiger partial charge in [0.2, 0.25) is 0 Å². The summed E-state index contributed by atoms with van der Waals surface area (Å²) in [5.74, 6) is -1.39. The minimum Gasteiger partial charge on any atom is -0.462 e. The molecule has 1 fully saturated rings. The van der Waals surface area contributed by atoms with Gasteiger partial charge in [0.1, 0.15) is 30.7 Å². The van der Waals surface area contributed by atoms with Crippen LogP contribution in [0.4, 0.5) is 5.82 Å². The van der Waals surface area contributed by atoms with Crippen LogP contribution in [0.3, 0.4) is 0 Å². The highest BCUT2D eigenvalue weighted by atomic mass is 31.3. The summed E-state index contributed by atoms with van der Waals surface area (Å²) in [5.41, 5.74) is 4.58. The zero-order valence-corrected chi connectivity index (χ0v) is 43.9. The van der Waals surface area contributed by atoms with Crippen molar-refractivity contribution < 1.29 is 71.4 Å². The van der Waals surface area contributed by atoms with Gasteiger partial charge in [-0.15, -0.1) is 0 Å². The SMILES string of the molecule is CCCCCCCCCCCCCCCCCC(=O)OC[C@H](COP(=O)(O)OP(=O)(O)OC[C@H]1O[C@@H](n2ccc(N)nc2=O)[C@H](O)[C@@H]1O)OC(=O)CCC/C=C\C/C=C\C/C=C\C=C\[C@@H](O)CCCCC. The van der Waals surface area contributed by atoms with Crippen molar-refractivity contribution in [3.63, 3.8) is 0 Å². The molecule has 19 nitrogen and oxygen atoms in total. The van der Waals surface area contributed by atoms with E-state index < -0.39 is 89.8 Å². The minimum absolute atomic E-state index is 0.0452. The average molecular weight is 1050 g/mol. The van der Waals surface area contributed by atoms with Crippen LogP contribution in [-0.2, 0) is 46.3 Å². The summed E-state index contributed by atoms with van der Waals surface area (Å²) in [6.45, 7) is 1.98. The lowest BCUT2D eigenvalue weighted by Gasteiger charge is -2.21. The maximum absolute atomic E-state index is 12.8. The van der Waals surface area contributed by atoms with E-state index in [1.165, 1.54) is 70.3 Å². The van der Waals surface area contributed by atoms with E-state index in [0.29, 0.717) is 25.7 Å². The molecule has 0 radical (unpaired) electrons. The van der Waals surface area contributed by atoms with E-state index in [2.05, 4.69) is 23.1 Å². The lowest BCUT2D eigenvalue weighted by Crippen LogP contribution is -2.36. The number of hydrogen-bond donors (Lipinski definition) is 6. The number of ether oxygens (including phenoxy) is 3. The zero-order chi connectivity index (χ0) is 52.2.